The molecule has 1 aliphatic rings. The van der Waals surface area contributed by atoms with Gasteiger partial charge in [-0.3, -0.25) is 14.2 Å². The molecule has 9 nitrogen and oxygen atoms in total. The first-order valence-electron chi connectivity index (χ1n) is 12.0. The van der Waals surface area contributed by atoms with Crippen molar-refractivity contribution in [2.75, 3.05) is 14.2 Å². The molecule has 204 valence electrons. The quantitative estimate of drug-likeness (QED) is 0.344. The van der Waals surface area contributed by atoms with Gasteiger partial charge < -0.3 is 19.0 Å². The van der Waals surface area contributed by atoms with Crippen LogP contribution in [0.3, 0.4) is 0 Å². The van der Waals surface area contributed by atoms with Crippen molar-refractivity contribution in [3.63, 3.8) is 0 Å². The van der Waals surface area contributed by atoms with Crippen LogP contribution < -0.4 is 24.4 Å². The number of thiazole rings is 1. The molecule has 4 aromatic rings. The number of methoxy groups -OCH3 is 2. The van der Waals surface area contributed by atoms with Gasteiger partial charge in [0.05, 0.1) is 35.4 Å². The summed E-state index contributed by atoms with van der Waals surface area (Å²) in [4.78, 5) is 43.1. The number of fused-ring (bicyclic) bond motifs is 1. The fraction of sp³-hybridized carbons (Fsp3) is 0.172. The number of halogens is 1. The predicted octanol–water partition coefficient (Wildman–Crippen LogP) is 4.45. The normalized spacial score (nSPS) is 15.0. The van der Waals surface area contributed by atoms with Crippen LogP contribution in [-0.4, -0.2) is 35.6 Å². The lowest BCUT2D eigenvalue weighted by molar-refractivity contribution is -0.114. The van der Waals surface area contributed by atoms with E-state index in [0.29, 0.717) is 54.8 Å². The van der Waals surface area contributed by atoms with E-state index in [-0.39, 0.29) is 21.9 Å². The number of furan rings is 1. The number of rotatable bonds is 7. The van der Waals surface area contributed by atoms with E-state index in [4.69, 9.17) is 25.5 Å². The summed E-state index contributed by atoms with van der Waals surface area (Å²) in [6.45, 7) is 3.19. The molecule has 0 spiro atoms. The molecule has 0 saturated carbocycles. The number of nitrogens with zero attached hydrogens (tertiary/aromatic N) is 2. The molecule has 11 heteroatoms. The molecule has 5 rings (SSSR count). The van der Waals surface area contributed by atoms with Gasteiger partial charge in [0.2, 0.25) is 0 Å². The highest BCUT2D eigenvalue weighted by atomic mass is 35.5. The Labute approximate surface area is 236 Å². The second-order valence-corrected chi connectivity index (χ2v) is 10.4. The maximum absolute atomic E-state index is 13.8. The molecular weight excluding hydrogens is 556 g/mol. The van der Waals surface area contributed by atoms with Crippen LogP contribution in [0.1, 0.15) is 41.6 Å². The van der Waals surface area contributed by atoms with Gasteiger partial charge in [-0.15, -0.1) is 0 Å². The van der Waals surface area contributed by atoms with Crippen LogP contribution in [0.15, 0.2) is 74.0 Å². The van der Waals surface area contributed by atoms with Gasteiger partial charge in [-0.05, 0) is 56.3 Å². The highest BCUT2D eigenvalue weighted by Gasteiger charge is 2.32. The third-order valence-electron chi connectivity index (χ3n) is 6.52. The molecule has 0 bridgehead atoms. The van der Waals surface area contributed by atoms with Crippen molar-refractivity contribution in [3.05, 3.63) is 101 Å². The summed E-state index contributed by atoms with van der Waals surface area (Å²) in [5, 5.41) is 9.50. The molecule has 1 atom stereocenters. The number of hydrogen-bond donors (Lipinski definition) is 1. The number of hydrogen-bond acceptors (Lipinski definition) is 8. The minimum atomic E-state index is -1.15. The van der Waals surface area contributed by atoms with Gasteiger partial charge >= 0.3 is 5.97 Å². The van der Waals surface area contributed by atoms with Crippen molar-refractivity contribution in [1.82, 2.24) is 4.57 Å². The van der Waals surface area contributed by atoms with Crippen molar-refractivity contribution in [2.24, 2.45) is 4.99 Å². The number of carboxylic acid groups (broad SMARTS) is 1. The third-order valence-corrected chi connectivity index (χ3v) is 7.83. The predicted molar refractivity (Wildman–Crippen MR) is 150 cm³/mol. The van der Waals surface area contributed by atoms with Crippen LogP contribution in [0.4, 0.5) is 0 Å². The number of carbonyl (C=O) groups excluding carboxylic acids is 1. The minimum absolute atomic E-state index is 0.0453. The molecule has 40 heavy (non-hydrogen) atoms. The SMILES string of the molecule is COc1ccc([C@@H]2C(C(C)=O)=C(C)N=c3s/c(=C\c4ccc(-c5ccc(Cl)c(C(=O)O)c5)o4)c(=O)n32)c(OC)c1. The molecule has 0 radical (unpaired) electrons. The number of allylic oxidation sites excluding steroid dienone is 2. The average Bonchev–Trinajstić information content (AvgIpc) is 3.51. The summed E-state index contributed by atoms with van der Waals surface area (Å²) in [6.07, 6.45) is 1.59. The van der Waals surface area contributed by atoms with Crippen LogP contribution >= 0.6 is 22.9 Å². The van der Waals surface area contributed by atoms with Gasteiger partial charge in [0, 0.05) is 34.5 Å². The summed E-state index contributed by atoms with van der Waals surface area (Å²) in [5.74, 6) is 0.470. The molecule has 3 heterocycles. The first kappa shape index (κ1) is 27.2. The van der Waals surface area contributed by atoms with Gasteiger partial charge in [0.1, 0.15) is 23.0 Å². The fourth-order valence-electron chi connectivity index (χ4n) is 4.67. The van der Waals surface area contributed by atoms with Gasteiger partial charge in [-0.25, -0.2) is 9.79 Å². The lowest BCUT2D eigenvalue weighted by atomic mass is 9.92. The number of ketones is 1. The van der Waals surface area contributed by atoms with E-state index in [1.54, 1.807) is 56.5 Å². The Bertz CT molecular complexity index is 1900. The largest absolute Gasteiger partial charge is 0.497 e. The molecule has 0 amide bonds. The number of aromatic carboxylic acids is 1. The van der Waals surface area contributed by atoms with E-state index >= 15 is 0 Å². The Morgan fingerprint density at radius 1 is 1.12 bits per heavy atom. The van der Waals surface area contributed by atoms with Gasteiger partial charge in [0.25, 0.3) is 5.56 Å². The Morgan fingerprint density at radius 3 is 2.58 bits per heavy atom. The molecule has 2 aromatic carbocycles. The average molecular weight is 579 g/mol. The number of ether oxygens (including phenoxy) is 2. The maximum atomic E-state index is 13.8. The van der Waals surface area contributed by atoms with Crippen LogP contribution in [0.5, 0.6) is 11.5 Å². The highest BCUT2D eigenvalue weighted by molar-refractivity contribution is 7.07. The van der Waals surface area contributed by atoms with Crippen molar-refractivity contribution >= 4 is 40.8 Å². The van der Waals surface area contributed by atoms with Crippen LogP contribution in [0.25, 0.3) is 17.4 Å². The van der Waals surface area contributed by atoms with E-state index in [1.807, 2.05) is 0 Å². The number of carboxylic acids is 1. The molecular formula is C29H23ClN2O7S. The third kappa shape index (κ3) is 4.76. The Balaban J connectivity index is 1.64. The Morgan fingerprint density at radius 2 is 1.90 bits per heavy atom. The summed E-state index contributed by atoms with van der Waals surface area (Å²) >= 11 is 7.16. The maximum Gasteiger partial charge on any atom is 0.337 e. The molecule has 0 saturated heterocycles. The summed E-state index contributed by atoms with van der Waals surface area (Å²) in [5.41, 5.74) is 1.65. The van der Waals surface area contributed by atoms with E-state index < -0.39 is 12.0 Å². The highest BCUT2D eigenvalue weighted by Crippen LogP contribution is 2.37. The second kappa shape index (κ2) is 10.6. The lowest BCUT2D eigenvalue weighted by Gasteiger charge is -2.26. The van der Waals surface area contributed by atoms with Gasteiger partial charge in [-0.2, -0.15) is 0 Å². The van der Waals surface area contributed by atoms with Crippen LogP contribution in [0.2, 0.25) is 5.02 Å². The van der Waals surface area contributed by atoms with Gasteiger partial charge in [-0.1, -0.05) is 22.9 Å². The van der Waals surface area contributed by atoms with E-state index in [1.165, 1.54) is 42.1 Å². The summed E-state index contributed by atoms with van der Waals surface area (Å²) in [6, 6.07) is 12.4. The zero-order valence-corrected chi connectivity index (χ0v) is 23.4. The van der Waals surface area contributed by atoms with Crippen molar-refractivity contribution in [1.29, 1.82) is 0 Å². The minimum Gasteiger partial charge on any atom is -0.497 e. The lowest BCUT2D eigenvalue weighted by Crippen LogP contribution is -2.39. The molecule has 0 unspecified atom stereocenters. The monoisotopic (exact) mass is 578 g/mol. The zero-order valence-electron chi connectivity index (χ0n) is 21.9. The molecule has 0 fully saturated rings. The second-order valence-electron chi connectivity index (χ2n) is 8.95. The molecule has 1 N–H and O–H groups in total. The van der Waals surface area contributed by atoms with E-state index in [9.17, 15) is 19.5 Å². The van der Waals surface area contributed by atoms with E-state index in [2.05, 4.69) is 4.99 Å². The topological polar surface area (TPSA) is 120 Å². The number of carbonyl (C=O) groups is 2. The zero-order chi connectivity index (χ0) is 28.7. The Hall–Kier alpha value is -4.41. The number of aromatic nitrogens is 1. The molecule has 2 aromatic heterocycles. The number of benzene rings is 2. The first-order valence-corrected chi connectivity index (χ1v) is 13.2. The standard InChI is InChI=1S/C29H23ClN2O7S/c1-14-25(15(2)33)26(19-8-6-17(37-3)12-23(19)38-4)32-27(34)24(40-29(32)31-14)13-18-7-10-22(39-18)16-5-9-21(30)20(11-16)28(35)36/h5-13,26H,1-4H3,(H,35,36)/b24-13-/t26-/m1/s1. The van der Waals surface area contributed by atoms with Crippen molar-refractivity contribution in [3.8, 4) is 22.8 Å². The smallest absolute Gasteiger partial charge is 0.337 e. The molecule has 0 aliphatic carbocycles. The van der Waals surface area contributed by atoms with Crippen molar-refractivity contribution < 1.29 is 28.6 Å². The van der Waals surface area contributed by atoms with Crippen LogP contribution in [-0.2, 0) is 4.79 Å². The summed E-state index contributed by atoms with van der Waals surface area (Å²) < 4.78 is 18.7. The molecule has 1 aliphatic heterocycles. The van der Waals surface area contributed by atoms with E-state index in [0.717, 1.165) is 0 Å². The Kier molecular flexibility index (Phi) is 7.22. The fourth-order valence-corrected chi connectivity index (χ4v) is 5.89. The summed E-state index contributed by atoms with van der Waals surface area (Å²) in [7, 11) is 3.06. The van der Waals surface area contributed by atoms with Gasteiger partial charge in [0.15, 0.2) is 10.6 Å². The van der Waals surface area contributed by atoms with Crippen LogP contribution in [0, 0.1) is 0 Å². The first-order chi connectivity index (χ1) is 19.1. The van der Waals surface area contributed by atoms with Crippen molar-refractivity contribution in [2.45, 2.75) is 19.9 Å². The number of Topliss-reactive ketones (excluding diaryl/α,β-unsaturated/α-hetero) is 1.